The molecule has 34 heavy (non-hydrogen) atoms. The average Bonchev–Trinajstić information content (AvgIpc) is 3.39. The van der Waals surface area contributed by atoms with E-state index in [-0.39, 0.29) is 23.4 Å². The number of benzene rings is 1. The lowest BCUT2D eigenvalue weighted by molar-refractivity contribution is 0.102. The lowest BCUT2D eigenvalue weighted by Gasteiger charge is -2.17. The van der Waals surface area contributed by atoms with Crippen molar-refractivity contribution in [2.75, 3.05) is 19.5 Å². The number of thioether (sulfide) groups is 1. The van der Waals surface area contributed by atoms with Crippen LogP contribution in [0.2, 0.25) is 0 Å². The number of carbonyl (C=O) groups is 1. The van der Waals surface area contributed by atoms with E-state index in [2.05, 4.69) is 26.7 Å². The topological polar surface area (TPSA) is 74.8 Å². The summed E-state index contributed by atoms with van der Waals surface area (Å²) in [7, 11) is 1.67. The molecule has 0 aliphatic heterocycles. The molecule has 4 rings (SSSR count). The third kappa shape index (κ3) is 4.80. The number of pyridine rings is 1. The normalized spacial score (nSPS) is 12.1. The van der Waals surface area contributed by atoms with Gasteiger partial charge in [0.2, 0.25) is 0 Å². The summed E-state index contributed by atoms with van der Waals surface area (Å²) in [6.45, 7) is 6.59. The molecule has 0 unspecified atom stereocenters. The van der Waals surface area contributed by atoms with Gasteiger partial charge in [-0.1, -0.05) is 11.8 Å². The molecule has 0 amide bonds. The number of nitrogens with zero attached hydrogens (tertiary/aromatic N) is 5. The van der Waals surface area contributed by atoms with Crippen molar-refractivity contribution in [3.8, 4) is 17.1 Å². The number of hydrogen-bond acceptors (Lipinski definition) is 6. The SMILES string of the molecule is COC[C@H](C)n1c(C)cc(C(=O)CSc2nnc(-c3ccncc3)n2-c2ccc(F)cc2)c1C. The minimum atomic E-state index is -0.329. The number of aromatic nitrogens is 5. The third-order valence-corrected chi connectivity index (χ3v) is 6.55. The maximum Gasteiger partial charge on any atom is 0.196 e. The van der Waals surface area contributed by atoms with Crippen molar-refractivity contribution in [2.45, 2.75) is 32.0 Å². The van der Waals surface area contributed by atoms with Crippen molar-refractivity contribution in [3.63, 3.8) is 0 Å². The highest BCUT2D eigenvalue weighted by Crippen LogP contribution is 2.29. The highest BCUT2D eigenvalue weighted by molar-refractivity contribution is 7.99. The molecule has 1 atom stereocenters. The predicted molar refractivity (Wildman–Crippen MR) is 130 cm³/mol. The Morgan fingerprint density at radius 3 is 2.50 bits per heavy atom. The van der Waals surface area contributed by atoms with Gasteiger partial charge in [-0.3, -0.25) is 14.3 Å². The zero-order chi connectivity index (χ0) is 24.2. The van der Waals surface area contributed by atoms with Gasteiger partial charge in [0, 0.05) is 47.7 Å². The molecule has 0 bridgehead atoms. The highest BCUT2D eigenvalue weighted by Gasteiger charge is 2.21. The predicted octanol–water partition coefficient (Wildman–Crippen LogP) is 5.07. The first kappa shape index (κ1) is 23.8. The number of methoxy groups -OCH3 is 1. The monoisotopic (exact) mass is 479 g/mol. The van der Waals surface area contributed by atoms with Crippen LogP contribution < -0.4 is 0 Å². The summed E-state index contributed by atoms with van der Waals surface area (Å²) in [4.78, 5) is 17.2. The fourth-order valence-electron chi connectivity index (χ4n) is 4.14. The first-order chi connectivity index (χ1) is 16.4. The number of Topliss-reactive ketones (excluding diaryl/α,β-unsaturated/α-hetero) is 1. The van der Waals surface area contributed by atoms with Gasteiger partial charge in [0.1, 0.15) is 5.82 Å². The molecule has 0 aliphatic rings. The number of aryl methyl sites for hydroxylation is 1. The molecule has 1 aromatic carbocycles. The molecule has 176 valence electrons. The number of hydrogen-bond donors (Lipinski definition) is 0. The Morgan fingerprint density at radius 1 is 1.12 bits per heavy atom. The summed E-state index contributed by atoms with van der Waals surface area (Å²) in [6, 6.07) is 11.8. The quantitative estimate of drug-likeness (QED) is 0.247. The first-order valence-corrected chi connectivity index (χ1v) is 11.8. The summed E-state index contributed by atoms with van der Waals surface area (Å²) >= 11 is 1.30. The molecule has 3 heterocycles. The number of ketones is 1. The minimum Gasteiger partial charge on any atom is -0.383 e. The van der Waals surface area contributed by atoms with Crippen LogP contribution in [0.4, 0.5) is 4.39 Å². The smallest absolute Gasteiger partial charge is 0.196 e. The summed E-state index contributed by atoms with van der Waals surface area (Å²) in [5.41, 5.74) is 4.16. The van der Waals surface area contributed by atoms with Gasteiger partial charge in [0.25, 0.3) is 0 Å². The molecule has 4 aromatic rings. The minimum absolute atomic E-state index is 0.00749. The highest BCUT2D eigenvalue weighted by atomic mass is 32.2. The van der Waals surface area contributed by atoms with Gasteiger partial charge in [-0.2, -0.15) is 0 Å². The van der Waals surface area contributed by atoms with E-state index in [1.165, 1.54) is 23.9 Å². The second kappa shape index (κ2) is 10.3. The second-order valence-electron chi connectivity index (χ2n) is 8.02. The van der Waals surface area contributed by atoms with Gasteiger partial charge in [-0.15, -0.1) is 10.2 Å². The lowest BCUT2D eigenvalue weighted by Crippen LogP contribution is -2.14. The van der Waals surface area contributed by atoms with Crippen molar-refractivity contribution in [3.05, 3.63) is 77.6 Å². The molecule has 7 nitrogen and oxygen atoms in total. The van der Waals surface area contributed by atoms with E-state index in [9.17, 15) is 9.18 Å². The van der Waals surface area contributed by atoms with E-state index in [1.54, 1.807) is 31.6 Å². The van der Waals surface area contributed by atoms with Crippen LogP contribution >= 0.6 is 11.8 Å². The van der Waals surface area contributed by atoms with Crippen LogP contribution in [0.15, 0.2) is 60.0 Å². The molecule has 0 N–H and O–H groups in total. The zero-order valence-corrected chi connectivity index (χ0v) is 20.3. The molecule has 0 fully saturated rings. The van der Waals surface area contributed by atoms with Crippen LogP contribution in [0.3, 0.4) is 0 Å². The molecular formula is C25H26FN5O2S. The van der Waals surface area contributed by atoms with Gasteiger partial charge >= 0.3 is 0 Å². The molecule has 0 spiro atoms. The Labute approximate surface area is 202 Å². The van der Waals surface area contributed by atoms with Crippen molar-refractivity contribution in [1.82, 2.24) is 24.3 Å². The second-order valence-corrected chi connectivity index (χ2v) is 8.97. The third-order valence-electron chi connectivity index (χ3n) is 5.62. The molecule has 0 saturated heterocycles. The zero-order valence-electron chi connectivity index (χ0n) is 19.5. The Morgan fingerprint density at radius 2 is 1.82 bits per heavy atom. The Hall–Kier alpha value is -3.30. The fourth-order valence-corrected chi connectivity index (χ4v) is 4.97. The maximum absolute atomic E-state index is 13.6. The molecule has 0 radical (unpaired) electrons. The van der Waals surface area contributed by atoms with Gasteiger partial charge in [0.15, 0.2) is 16.8 Å². The van der Waals surface area contributed by atoms with Crippen molar-refractivity contribution < 1.29 is 13.9 Å². The van der Waals surface area contributed by atoms with Gasteiger partial charge in [0.05, 0.1) is 18.4 Å². The Balaban J connectivity index is 1.63. The lowest BCUT2D eigenvalue weighted by atomic mass is 10.2. The molecule has 0 saturated carbocycles. The first-order valence-electron chi connectivity index (χ1n) is 10.9. The number of ether oxygens (including phenoxy) is 1. The van der Waals surface area contributed by atoms with E-state index in [1.807, 2.05) is 36.6 Å². The van der Waals surface area contributed by atoms with E-state index in [0.29, 0.717) is 28.8 Å². The van der Waals surface area contributed by atoms with Crippen LogP contribution in [-0.4, -0.2) is 49.6 Å². The van der Waals surface area contributed by atoms with Crippen LogP contribution in [0.1, 0.15) is 34.7 Å². The van der Waals surface area contributed by atoms with Gasteiger partial charge in [-0.05, 0) is 63.2 Å². The largest absolute Gasteiger partial charge is 0.383 e. The number of halogens is 1. The van der Waals surface area contributed by atoms with E-state index >= 15 is 0 Å². The average molecular weight is 480 g/mol. The summed E-state index contributed by atoms with van der Waals surface area (Å²) in [6.07, 6.45) is 3.35. The maximum atomic E-state index is 13.6. The van der Waals surface area contributed by atoms with Crippen LogP contribution in [0.25, 0.3) is 17.1 Å². The van der Waals surface area contributed by atoms with Crippen molar-refractivity contribution in [2.24, 2.45) is 0 Å². The molecular weight excluding hydrogens is 453 g/mol. The summed E-state index contributed by atoms with van der Waals surface area (Å²) in [5, 5.41) is 9.25. The number of carbonyl (C=O) groups excluding carboxylic acids is 1. The Bertz CT molecular complexity index is 1280. The molecule has 0 aliphatic carbocycles. The fraction of sp³-hybridized carbons (Fsp3) is 0.280. The molecule has 9 heteroatoms. The van der Waals surface area contributed by atoms with E-state index < -0.39 is 0 Å². The van der Waals surface area contributed by atoms with Gasteiger partial charge in [-0.25, -0.2) is 4.39 Å². The summed E-state index contributed by atoms with van der Waals surface area (Å²) < 4.78 is 22.8. The van der Waals surface area contributed by atoms with E-state index in [4.69, 9.17) is 4.74 Å². The van der Waals surface area contributed by atoms with E-state index in [0.717, 1.165) is 17.0 Å². The van der Waals surface area contributed by atoms with Crippen LogP contribution in [0.5, 0.6) is 0 Å². The van der Waals surface area contributed by atoms with Crippen LogP contribution in [0, 0.1) is 19.7 Å². The van der Waals surface area contributed by atoms with Gasteiger partial charge < -0.3 is 9.30 Å². The van der Waals surface area contributed by atoms with Crippen molar-refractivity contribution in [1.29, 1.82) is 0 Å². The molecule has 3 aromatic heterocycles. The Kier molecular flexibility index (Phi) is 7.23. The standard InChI is InChI=1S/C25H26FN5O2S/c1-16-13-22(18(3)30(16)17(2)14-33-4)23(32)15-34-25-29-28-24(19-9-11-27-12-10-19)31(25)21-7-5-20(26)6-8-21/h5-13,17H,14-15H2,1-4H3/t17-/m0/s1. The van der Waals surface area contributed by atoms with Crippen LogP contribution in [-0.2, 0) is 4.74 Å². The summed E-state index contributed by atoms with van der Waals surface area (Å²) in [5.74, 6) is 0.465. The van der Waals surface area contributed by atoms with Crippen molar-refractivity contribution >= 4 is 17.5 Å². The number of rotatable bonds is 9.